The maximum Gasteiger partial charge on any atom is 0.461 e. The van der Waals surface area contributed by atoms with Gasteiger partial charge in [0.05, 0.1) is 0 Å². The van der Waals surface area contributed by atoms with Crippen LogP contribution in [0.25, 0.3) is 0 Å². The van der Waals surface area contributed by atoms with Crippen LogP contribution in [0.5, 0.6) is 0 Å². The van der Waals surface area contributed by atoms with Gasteiger partial charge in [-0.3, -0.25) is 4.79 Å². The molecule has 0 fully saturated rings. The third-order valence-electron chi connectivity index (χ3n) is 3.75. The number of anilines is 1. The Hall–Kier alpha value is -2.00. The van der Waals surface area contributed by atoms with Gasteiger partial charge in [0, 0.05) is 12.7 Å². The predicted molar refractivity (Wildman–Crippen MR) is 83.6 cm³/mol. The lowest BCUT2D eigenvalue weighted by molar-refractivity contribution is -0.380. The Morgan fingerprint density at radius 3 is 2.21 bits per heavy atom. The SMILES string of the molecule is C=C[Si](C)(C=C)c1cccc(N(C)C(=O)C(F)(OF)C(F)(F)F)c1. The standard InChI is InChI=1S/C15H16F5NO2Si/c1-5-24(4,6-2)12-9-7-8-11(10-12)21(3)13(22)14(16,23-20)15(17,18)19/h5-10H,1-2H2,3-4H3. The largest absolute Gasteiger partial charge is 0.461 e. The molecule has 0 aromatic heterocycles. The molecule has 0 N–H and O–H groups in total. The lowest BCUT2D eigenvalue weighted by atomic mass is 10.2. The van der Waals surface area contributed by atoms with E-state index in [4.69, 9.17) is 0 Å². The zero-order valence-corrected chi connectivity index (χ0v) is 14.0. The molecule has 0 aliphatic heterocycles. The van der Waals surface area contributed by atoms with E-state index in [1.54, 1.807) is 17.5 Å². The van der Waals surface area contributed by atoms with Crippen molar-refractivity contribution in [2.45, 2.75) is 18.6 Å². The average Bonchev–Trinajstić information content (AvgIpc) is 2.57. The lowest BCUT2D eigenvalue weighted by Gasteiger charge is -2.28. The van der Waals surface area contributed by atoms with Crippen molar-refractivity contribution >= 4 is 24.9 Å². The molecule has 1 unspecified atom stereocenters. The molecule has 0 aliphatic rings. The Labute approximate surface area is 136 Å². The van der Waals surface area contributed by atoms with Crippen LogP contribution in [0.3, 0.4) is 0 Å². The van der Waals surface area contributed by atoms with Gasteiger partial charge in [0.15, 0.2) is 0 Å². The summed E-state index contributed by atoms with van der Waals surface area (Å²) in [5, 5.41) is 0.683. The monoisotopic (exact) mass is 365 g/mol. The fraction of sp³-hybridized carbons (Fsp3) is 0.267. The second-order valence-corrected chi connectivity index (χ2v) is 9.23. The predicted octanol–water partition coefficient (Wildman–Crippen LogP) is 3.51. The van der Waals surface area contributed by atoms with Crippen molar-refractivity contribution in [3.8, 4) is 0 Å². The molecule has 0 radical (unpaired) electrons. The second kappa shape index (κ2) is 6.86. The fourth-order valence-corrected chi connectivity index (χ4v) is 3.45. The molecule has 0 saturated carbocycles. The van der Waals surface area contributed by atoms with Crippen molar-refractivity contribution in [1.29, 1.82) is 0 Å². The summed E-state index contributed by atoms with van der Waals surface area (Å²) in [4.78, 5) is 14.5. The Balaban J connectivity index is 3.30. The Morgan fingerprint density at radius 1 is 1.25 bits per heavy atom. The van der Waals surface area contributed by atoms with Gasteiger partial charge in [0.1, 0.15) is 8.07 Å². The number of hydrogen-bond acceptors (Lipinski definition) is 2. The zero-order chi connectivity index (χ0) is 18.8. The molecular weight excluding hydrogens is 349 g/mol. The van der Waals surface area contributed by atoms with Gasteiger partial charge < -0.3 is 4.90 Å². The highest BCUT2D eigenvalue weighted by Gasteiger charge is 2.66. The maximum absolute atomic E-state index is 13.7. The highest BCUT2D eigenvalue weighted by atomic mass is 28.3. The number of carbonyl (C=O) groups is 1. The van der Waals surface area contributed by atoms with Crippen LogP contribution >= 0.6 is 0 Å². The first-order valence-corrected chi connectivity index (χ1v) is 9.33. The smallest absolute Gasteiger partial charge is 0.310 e. The highest BCUT2D eigenvalue weighted by molar-refractivity contribution is 6.98. The molecule has 1 aromatic carbocycles. The van der Waals surface area contributed by atoms with E-state index < -0.39 is 26.0 Å². The summed E-state index contributed by atoms with van der Waals surface area (Å²) in [7, 11) is -1.42. The van der Waals surface area contributed by atoms with Gasteiger partial charge in [-0.2, -0.15) is 17.6 Å². The van der Waals surface area contributed by atoms with Crippen molar-refractivity contribution in [1.82, 2.24) is 0 Å². The van der Waals surface area contributed by atoms with Crippen molar-refractivity contribution in [3.05, 3.63) is 48.8 Å². The molecule has 1 aromatic rings. The second-order valence-electron chi connectivity index (χ2n) is 5.28. The first kappa shape index (κ1) is 20.0. The van der Waals surface area contributed by atoms with Gasteiger partial charge in [0.2, 0.25) is 0 Å². The normalized spacial score (nSPS) is 14.6. The van der Waals surface area contributed by atoms with Crippen LogP contribution in [0.1, 0.15) is 0 Å². The van der Waals surface area contributed by atoms with Crippen molar-refractivity contribution in [2.75, 3.05) is 11.9 Å². The molecule has 24 heavy (non-hydrogen) atoms. The quantitative estimate of drug-likeness (QED) is 0.570. The number of benzene rings is 1. The number of carbonyl (C=O) groups excluding carboxylic acids is 1. The van der Waals surface area contributed by atoms with Crippen LogP contribution in [-0.4, -0.2) is 33.1 Å². The molecule has 1 atom stereocenters. The lowest BCUT2D eigenvalue weighted by Crippen LogP contribution is -2.55. The van der Waals surface area contributed by atoms with E-state index in [-0.39, 0.29) is 5.69 Å². The van der Waals surface area contributed by atoms with Gasteiger partial charge in [-0.1, -0.05) is 30.1 Å². The highest BCUT2D eigenvalue weighted by Crippen LogP contribution is 2.37. The third-order valence-corrected chi connectivity index (χ3v) is 7.01. The molecule has 9 heteroatoms. The number of halogens is 5. The summed E-state index contributed by atoms with van der Waals surface area (Å²) in [6.45, 7) is 9.28. The number of amides is 1. The van der Waals surface area contributed by atoms with Crippen molar-refractivity contribution in [3.63, 3.8) is 0 Å². The first-order chi connectivity index (χ1) is 11.0. The van der Waals surface area contributed by atoms with E-state index in [2.05, 4.69) is 18.1 Å². The van der Waals surface area contributed by atoms with Crippen LogP contribution in [0.4, 0.5) is 27.8 Å². The van der Waals surface area contributed by atoms with Crippen LogP contribution in [0, 0.1) is 0 Å². The summed E-state index contributed by atoms with van der Waals surface area (Å²) in [6, 6.07) is 5.87. The van der Waals surface area contributed by atoms with Crippen molar-refractivity contribution in [2.24, 2.45) is 0 Å². The van der Waals surface area contributed by atoms with Gasteiger partial charge >= 0.3 is 17.9 Å². The summed E-state index contributed by atoms with van der Waals surface area (Å²) < 4.78 is 63.7. The van der Waals surface area contributed by atoms with Gasteiger partial charge in [-0.15, -0.1) is 18.1 Å². The maximum atomic E-state index is 13.7. The number of alkyl halides is 4. The van der Waals surface area contributed by atoms with Crippen LogP contribution < -0.4 is 10.1 Å². The van der Waals surface area contributed by atoms with E-state index in [0.29, 0.717) is 10.1 Å². The first-order valence-electron chi connectivity index (χ1n) is 6.68. The van der Waals surface area contributed by atoms with E-state index >= 15 is 0 Å². The summed E-state index contributed by atoms with van der Waals surface area (Å²) in [5.74, 6) is -7.30. The van der Waals surface area contributed by atoms with Crippen molar-refractivity contribution < 1.29 is 31.8 Å². The van der Waals surface area contributed by atoms with Crippen LogP contribution in [0.2, 0.25) is 6.55 Å². The Kier molecular flexibility index (Phi) is 5.72. The third kappa shape index (κ3) is 3.41. The van der Waals surface area contributed by atoms with E-state index in [1.807, 2.05) is 6.55 Å². The molecule has 0 aliphatic carbocycles. The minimum absolute atomic E-state index is 0.0525. The van der Waals surface area contributed by atoms with Gasteiger partial charge in [-0.05, 0) is 21.8 Å². The molecule has 0 spiro atoms. The molecule has 1 amide bonds. The molecule has 132 valence electrons. The minimum Gasteiger partial charge on any atom is -0.310 e. The molecule has 0 heterocycles. The average molecular weight is 365 g/mol. The topological polar surface area (TPSA) is 29.5 Å². The molecular formula is C15H16F5NO2Si. The summed E-state index contributed by atoms with van der Waals surface area (Å²) in [5.41, 5.74) is 3.31. The molecule has 0 bridgehead atoms. The Bertz CT molecular complexity index is 641. The number of hydrogen-bond donors (Lipinski definition) is 0. The van der Waals surface area contributed by atoms with Crippen LogP contribution in [-0.2, 0) is 9.74 Å². The Morgan fingerprint density at radius 2 is 1.79 bits per heavy atom. The number of rotatable bonds is 6. The number of nitrogens with zero attached hydrogens (tertiary/aromatic N) is 1. The van der Waals surface area contributed by atoms with Gasteiger partial charge in [-0.25, -0.2) is 0 Å². The van der Waals surface area contributed by atoms with E-state index in [9.17, 15) is 26.9 Å². The zero-order valence-electron chi connectivity index (χ0n) is 13.0. The summed E-state index contributed by atoms with van der Waals surface area (Å²) in [6.07, 6.45) is -5.86. The van der Waals surface area contributed by atoms with E-state index in [1.165, 1.54) is 18.2 Å². The van der Waals surface area contributed by atoms with Gasteiger partial charge in [0.25, 0.3) is 0 Å². The minimum atomic E-state index is -5.86. The fourth-order valence-electron chi connectivity index (χ4n) is 1.90. The molecule has 1 rings (SSSR count). The molecule has 0 saturated heterocycles. The molecule has 3 nitrogen and oxygen atoms in total. The van der Waals surface area contributed by atoms with E-state index in [0.717, 1.165) is 7.05 Å². The van der Waals surface area contributed by atoms with Crippen LogP contribution in [0.15, 0.2) is 48.8 Å². The summed E-state index contributed by atoms with van der Waals surface area (Å²) >= 11 is 0. The number of likely N-dealkylation sites (N-methyl/N-ethyl adjacent to an activating group) is 1.